The number of nitrogens with zero attached hydrogens (tertiary/aromatic N) is 7. The Morgan fingerprint density at radius 2 is 0.533 bits per heavy atom. The summed E-state index contributed by atoms with van der Waals surface area (Å²) in [6.07, 6.45) is 0. The SMILES string of the molecule is N#Cc1cccc(-c2c(-n3c4ccccc4c4cc(-c5ccccc5)ccc43)c(-n3c4ccccc4c4cc(-c5ccccc5)ccc43)nc(-n3c4ccccc4c4cc(-c5ccccc5)ccc43)c2-n2c3ccccc3c3cc(-c4ccccc4)ccc32)c1C#N. The Morgan fingerprint density at radius 1 is 0.239 bits per heavy atom. The smallest absolute Gasteiger partial charge is 0.165 e. The van der Waals surface area contributed by atoms with Crippen molar-refractivity contribution in [3.05, 3.63) is 321 Å². The van der Waals surface area contributed by atoms with Crippen molar-refractivity contribution in [1.29, 1.82) is 10.5 Å². The van der Waals surface area contributed by atoms with Gasteiger partial charge in [0.15, 0.2) is 11.6 Å². The van der Waals surface area contributed by atoms with Gasteiger partial charge in [0.25, 0.3) is 0 Å². The number of nitriles is 2. The van der Waals surface area contributed by atoms with E-state index in [1.165, 1.54) is 0 Å². The van der Waals surface area contributed by atoms with Crippen LogP contribution >= 0.6 is 0 Å². The average molecular weight is 1170 g/mol. The van der Waals surface area contributed by atoms with Gasteiger partial charge < -0.3 is 9.13 Å². The zero-order valence-corrected chi connectivity index (χ0v) is 49.6. The summed E-state index contributed by atoms with van der Waals surface area (Å²) < 4.78 is 9.49. The maximum Gasteiger partial charge on any atom is 0.165 e. The average Bonchev–Trinajstić information content (AvgIpc) is 1.42. The van der Waals surface area contributed by atoms with Gasteiger partial charge in [-0.3, -0.25) is 9.13 Å². The highest BCUT2D eigenvalue weighted by atomic mass is 15.2. The number of hydrogen-bond acceptors (Lipinski definition) is 3. The Kier molecular flexibility index (Phi) is 11.9. The van der Waals surface area contributed by atoms with Crippen LogP contribution in [-0.4, -0.2) is 23.3 Å². The summed E-state index contributed by atoms with van der Waals surface area (Å²) in [6, 6.07) is 115. The molecule has 0 spiro atoms. The number of pyridine rings is 1. The number of rotatable bonds is 9. The van der Waals surface area contributed by atoms with Crippen molar-refractivity contribution in [2.75, 3.05) is 0 Å². The highest BCUT2D eigenvalue weighted by molar-refractivity contribution is 6.17. The van der Waals surface area contributed by atoms with E-state index in [0.717, 1.165) is 143 Å². The van der Waals surface area contributed by atoms with E-state index in [-0.39, 0.29) is 11.1 Å². The first-order chi connectivity index (χ1) is 45.6. The fraction of sp³-hybridized carbons (Fsp3) is 0. The molecule has 0 unspecified atom stereocenters. The number of para-hydroxylation sites is 4. The van der Waals surface area contributed by atoms with Gasteiger partial charge in [0.2, 0.25) is 0 Å². The highest BCUT2D eigenvalue weighted by Gasteiger charge is 2.34. The molecule has 0 fully saturated rings. The fourth-order valence-corrected chi connectivity index (χ4v) is 14.6. The summed E-state index contributed by atoms with van der Waals surface area (Å²) >= 11 is 0. The second-order valence-electron chi connectivity index (χ2n) is 23.6. The van der Waals surface area contributed by atoms with E-state index in [1.807, 2.05) is 12.1 Å². The van der Waals surface area contributed by atoms with E-state index in [2.05, 4.69) is 322 Å². The first-order valence-corrected chi connectivity index (χ1v) is 31.0. The van der Waals surface area contributed by atoms with Crippen LogP contribution < -0.4 is 0 Å². The number of benzene rings is 13. The molecule has 0 aliphatic heterocycles. The van der Waals surface area contributed by atoms with Crippen LogP contribution in [0.15, 0.2) is 309 Å². The molecule has 0 saturated carbocycles. The molecular weight excluding hydrogens is 1120 g/mol. The van der Waals surface area contributed by atoms with Gasteiger partial charge in [-0.05, 0) is 123 Å². The fourth-order valence-electron chi connectivity index (χ4n) is 14.6. The molecule has 0 N–H and O–H groups in total. The lowest BCUT2D eigenvalue weighted by Gasteiger charge is -2.27. The number of aromatic nitrogens is 5. The normalized spacial score (nSPS) is 11.7. The predicted molar refractivity (Wildman–Crippen MR) is 378 cm³/mol. The molecule has 0 radical (unpaired) electrons. The molecule has 92 heavy (non-hydrogen) atoms. The maximum absolute atomic E-state index is 12.0. The van der Waals surface area contributed by atoms with Crippen LogP contribution in [0, 0.1) is 22.7 Å². The van der Waals surface area contributed by atoms with E-state index < -0.39 is 0 Å². The van der Waals surface area contributed by atoms with Crippen LogP contribution in [0.1, 0.15) is 11.1 Å². The van der Waals surface area contributed by atoms with Crippen LogP contribution in [0.2, 0.25) is 0 Å². The molecule has 5 aromatic heterocycles. The molecule has 18 rings (SSSR count). The quantitative estimate of drug-likeness (QED) is 0.144. The van der Waals surface area contributed by atoms with Gasteiger partial charge in [0.1, 0.15) is 23.5 Å². The second kappa shape index (κ2) is 20.9. The van der Waals surface area contributed by atoms with Gasteiger partial charge in [0, 0.05) is 54.2 Å². The minimum atomic E-state index is 0.254. The Hall–Kier alpha value is -12.8. The summed E-state index contributed by atoms with van der Waals surface area (Å²) in [7, 11) is 0. The molecular formula is C85H51N7. The summed E-state index contributed by atoms with van der Waals surface area (Å²) in [5.41, 5.74) is 19.6. The van der Waals surface area contributed by atoms with E-state index in [4.69, 9.17) is 4.98 Å². The van der Waals surface area contributed by atoms with Crippen molar-refractivity contribution in [3.8, 4) is 90.8 Å². The minimum Gasteiger partial charge on any atom is -0.305 e. The van der Waals surface area contributed by atoms with Gasteiger partial charge in [-0.1, -0.05) is 231 Å². The molecule has 7 nitrogen and oxygen atoms in total. The van der Waals surface area contributed by atoms with E-state index in [0.29, 0.717) is 22.8 Å². The lowest BCUT2D eigenvalue weighted by Crippen LogP contribution is -2.16. The standard InChI is InChI=1S/C85H51N7/c86-52-62-30-21-35-67(72(62)53-87)81-82(89-73-36-17-13-31-63(73)68-48-58(40-44-77(68)89)54-22-5-1-6-23-54)84(91-75-38-19-15-33-65(75)70-50-60(42-46-79(70)91)56-26-9-3-10-27-56)88-85(92-76-39-20-16-34-66(76)71-51-61(43-47-80(71)92)57-28-11-4-12-29-57)83(81)90-74-37-18-14-32-64(74)69-49-59(41-45-78(69)90)55-24-7-2-8-25-55/h1-51H. The maximum atomic E-state index is 12.0. The predicted octanol–water partition coefficient (Wildman–Crippen LogP) is 21.5. The third-order valence-electron chi connectivity index (χ3n) is 18.7. The lowest BCUT2D eigenvalue weighted by molar-refractivity contribution is 0.961. The molecule has 426 valence electrons. The van der Waals surface area contributed by atoms with Crippen molar-refractivity contribution < 1.29 is 0 Å². The van der Waals surface area contributed by atoms with Crippen LogP contribution in [0.4, 0.5) is 0 Å². The van der Waals surface area contributed by atoms with Gasteiger partial charge in [-0.15, -0.1) is 0 Å². The third-order valence-corrected chi connectivity index (χ3v) is 18.7. The summed E-state index contributed by atoms with van der Waals surface area (Å²) in [5.74, 6) is 1.25. The largest absolute Gasteiger partial charge is 0.305 e. The van der Waals surface area contributed by atoms with Gasteiger partial charge in [-0.2, -0.15) is 10.5 Å². The topological polar surface area (TPSA) is 80.2 Å². The van der Waals surface area contributed by atoms with Gasteiger partial charge in [-0.25, -0.2) is 4.98 Å². The molecule has 0 aliphatic carbocycles. The Morgan fingerprint density at radius 3 is 0.859 bits per heavy atom. The molecule has 0 bridgehead atoms. The summed E-state index contributed by atoms with van der Waals surface area (Å²) in [6.45, 7) is 0. The minimum absolute atomic E-state index is 0.254. The van der Waals surface area contributed by atoms with Crippen LogP contribution in [-0.2, 0) is 0 Å². The first-order valence-electron chi connectivity index (χ1n) is 31.0. The molecule has 13 aromatic carbocycles. The van der Waals surface area contributed by atoms with Crippen molar-refractivity contribution in [1.82, 2.24) is 23.3 Å². The van der Waals surface area contributed by atoms with Crippen molar-refractivity contribution >= 4 is 87.2 Å². The van der Waals surface area contributed by atoms with Crippen LogP contribution in [0.5, 0.6) is 0 Å². The molecule has 7 heteroatoms. The summed E-state index contributed by atoms with van der Waals surface area (Å²) in [4.78, 5) is 6.51. The van der Waals surface area contributed by atoms with Gasteiger partial charge in [0.05, 0.1) is 55.3 Å². The van der Waals surface area contributed by atoms with E-state index >= 15 is 0 Å². The van der Waals surface area contributed by atoms with Crippen molar-refractivity contribution in [2.24, 2.45) is 0 Å². The van der Waals surface area contributed by atoms with E-state index in [1.54, 1.807) is 6.07 Å². The monoisotopic (exact) mass is 1170 g/mol. The van der Waals surface area contributed by atoms with E-state index in [9.17, 15) is 10.5 Å². The number of fused-ring (bicyclic) bond motifs is 12. The Balaban J connectivity index is 1.11. The van der Waals surface area contributed by atoms with Gasteiger partial charge >= 0.3 is 0 Å². The van der Waals surface area contributed by atoms with Crippen LogP contribution in [0.25, 0.3) is 166 Å². The third kappa shape index (κ3) is 7.96. The molecule has 0 atom stereocenters. The second-order valence-corrected chi connectivity index (χ2v) is 23.6. The molecule has 18 aromatic rings. The summed E-state index contributed by atoms with van der Waals surface area (Å²) in [5, 5.41) is 31.7. The Bertz CT molecular complexity index is 5800. The zero-order chi connectivity index (χ0) is 61.0. The molecule has 0 saturated heterocycles. The number of hydrogen-bond donors (Lipinski definition) is 0. The lowest BCUT2D eigenvalue weighted by atomic mass is 9.93. The first kappa shape index (κ1) is 52.3. The molecule has 5 heterocycles. The highest BCUT2D eigenvalue weighted by Crippen LogP contribution is 2.51. The molecule has 0 amide bonds. The Labute approximate surface area is 529 Å². The molecule has 0 aliphatic rings. The van der Waals surface area contributed by atoms with Crippen molar-refractivity contribution in [2.45, 2.75) is 0 Å². The van der Waals surface area contributed by atoms with Crippen LogP contribution in [0.3, 0.4) is 0 Å². The zero-order valence-electron chi connectivity index (χ0n) is 49.6. The van der Waals surface area contributed by atoms with Crippen molar-refractivity contribution in [3.63, 3.8) is 0 Å².